The molecule has 0 unspecified atom stereocenters. The minimum absolute atomic E-state index is 0.00456. The molecule has 3 fully saturated rings. The predicted octanol–water partition coefficient (Wildman–Crippen LogP) is 0.462. The first-order valence-electron chi connectivity index (χ1n) is 10.3. The number of nitrogens with two attached hydrogens (primary N) is 1. The van der Waals surface area contributed by atoms with Crippen molar-refractivity contribution in [2.45, 2.75) is 70.4 Å². The highest BCUT2D eigenvalue weighted by Crippen LogP contribution is 2.53. The van der Waals surface area contributed by atoms with Crippen LogP contribution in [0, 0.1) is 5.41 Å². The van der Waals surface area contributed by atoms with E-state index in [1.807, 2.05) is 9.80 Å². The topological polar surface area (TPSA) is 125 Å². The van der Waals surface area contributed by atoms with Crippen LogP contribution < -0.4 is 11.3 Å². The number of fused-ring (bicyclic) bond motifs is 2. The second-order valence-corrected chi connectivity index (χ2v) is 8.25. The SMILES string of the molecule is CC[C@]1(C(=O)N2CCCC2)C[C@H]2CC[C@@H]1N2C(=O)CCc1nnc(N)[nH]c1=O. The number of anilines is 1. The van der Waals surface area contributed by atoms with E-state index < -0.39 is 11.0 Å². The Morgan fingerprint density at radius 3 is 2.68 bits per heavy atom. The van der Waals surface area contributed by atoms with Gasteiger partial charge in [-0.25, -0.2) is 0 Å². The van der Waals surface area contributed by atoms with Gasteiger partial charge in [0.2, 0.25) is 17.8 Å². The maximum atomic E-state index is 13.3. The molecular formula is C19H28N6O3. The average molecular weight is 388 g/mol. The van der Waals surface area contributed by atoms with Crippen molar-refractivity contribution in [1.29, 1.82) is 0 Å². The van der Waals surface area contributed by atoms with E-state index >= 15 is 0 Å². The van der Waals surface area contributed by atoms with Gasteiger partial charge in [-0.1, -0.05) is 6.92 Å². The molecule has 0 spiro atoms. The number of hydrogen-bond donors (Lipinski definition) is 2. The summed E-state index contributed by atoms with van der Waals surface area (Å²) < 4.78 is 0. The number of aryl methyl sites for hydroxylation is 1. The largest absolute Gasteiger partial charge is 0.368 e. The van der Waals surface area contributed by atoms with Crippen LogP contribution in [0.15, 0.2) is 4.79 Å². The van der Waals surface area contributed by atoms with Gasteiger partial charge in [0.1, 0.15) is 5.69 Å². The van der Waals surface area contributed by atoms with E-state index in [-0.39, 0.29) is 48.4 Å². The summed E-state index contributed by atoms with van der Waals surface area (Å²) in [5, 5.41) is 7.46. The number of likely N-dealkylation sites (tertiary alicyclic amines) is 1. The number of H-pyrrole nitrogens is 1. The summed E-state index contributed by atoms with van der Waals surface area (Å²) in [5.41, 5.74) is 4.78. The fourth-order valence-corrected chi connectivity index (χ4v) is 5.45. The van der Waals surface area contributed by atoms with Crippen LogP contribution in [0.3, 0.4) is 0 Å². The standard InChI is InChI=1S/C19H28N6O3/c1-2-19(17(28)24-9-3-4-10-24)11-12-5-7-14(19)25(12)15(26)8-6-13-16(27)21-18(20)23-22-13/h12,14H,2-11H2,1H3,(H3,20,21,23,27)/t12-,14+,19+/m1/s1. The smallest absolute Gasteiger partial charge is 0.274 e. The van der Waals surface area contributed by atoms with E-state index in [2.05, 4.69) is 22.1 Å². The molecule has 0 aromatic carbocycles. The maximum Gasteiger partial charge on any atom is 0.274 e. The van der Waals surface area contributed by atoms with E-state index in [9.17, 15) is 14.4 Å². The number of rotatable bonds is 5. The molecule has 0 saturated carbocycles. The molecule has 9 heteroatoms. The van der Waals surface area contributed by atoms with Gasteiger partial charge in [-0.15, -0.1) is 10.2 Å². The Balaban J connectivity index is 1.48. The number of aromatic nitrogens is 3. The quantitative estimate of drug-likeness (QED) is 0.755. The summed E-state index contributed by atoms with van der Waals surface area (Å²) in [6, 6.07) is 0.0960. The zero-order valence-electron chi connectivity index (χ0n) is 16.3. The lowest BCUT2D eigenvalue weighted by atomic mass is 9.71. The second kappa shape index (κ2) is 7.18. The van der Waals surface area contributed by atoms with Crippen molar-refractivity contribution in [2.24, 2.45) is 5.41 Å². The Bertz CT molecular complexity index is 833. The highest BCUT2D eigenvalue weighted by molar-refractivity contribution is 5.87. The molecule has 4 rings (SSSR count). The normalized spacial score (nSPS) is 28.9. The molecule has 3 saturated heterocycles. The highest BCUT2D eigenvalue weighted by atomic mass is 16.2. The number of nitrogen functional groups attached to an aromatic ring is 1. The summed E-state index contributed by atoms with van der Waals surface area (Å²) in [4.78, 5) is 44.6. The molecule has 3 atom stereocenters. The van der Waals surface area contributed by atoms with E-state index in [1.54, 1.807) is 0 Å². The number of carbonyl (C=O) groups excluding carboxylic acids is 2. The zero-order valence-corrected chi connectivity index (χ0v) is 16.3. The van der Waals surface area contributed by atoms with Crippen LogP contribution in [0.5, 0.6) is 0 Å². The molecule has 4 heterocycles. The molecule has 9 nitrogen and oxygen atoms in total. The lowest BCUT2D eigenvalue weighted by Crippen LogP contribution is -2.50. The molecule has 152 valence electrons. The van der Waals surface area contributed by atoms with E-state index in [0.29, 0.717) is 0 Å². The first kappa shape index (κ1) is 18.9. The van der Waals surface area contributed by atoms with Crippen LogP contribution in [0.4, 0.5) is 5.95 Å². The summed E-state index contributed by atoms with van der Waals surface area (Å²) >= 11 is 0. The first-order chi connectivity index (χ1) is 13.5. The number of amides is 2. The lowest BCUT2D eigenvalue weighted by Gasteiger charge is -2.38. The van der Waals surface area contributed by atoms with Crippen molar-refractivity contribution in [1.82, 2.24) is 25.0 Å². The Labute approximate surface area is 163 Å². The highest BCUT2D eigenvalue weighted by Gasteiger charge is 2.60. The van der Waals surface area contributed by atoms with Crippen LogP contribution in [-0.4, -0.2) is 62.0 Å². The molecule has 2 bridgehead atoms. The van der Waals surface area contributed by atoms with Gasteiger partial charge in [0.05, 0.1) is 5.41 Å². The van der Waals surface area contributed by atoms with E-state index in [4.69, 9.17) is 5.73 Å². The van der Waals surface area contributed by atoms with Crippen molar-refractivity contribution in [2.75, 3.05) is 18.8 Å². The van der Waals surface area contributed by atoms with Crippen molar-refractivity contribution in [3.8, 4) is 0 Å². The Kier molecular flexibility index (Phi) is 4.84. The molecule has 0 radical (unpaired) electrons. The Morgan fingerprint density at radius 1 is 1.25 bits per heavy atom. The third-order valence-corrected chi connectivity index (χ3v) is 6.84. The zero-order chi connectivity index (χ0) is 19.9. The van der Waals surface area contributed by atoms with Crippen molar-refractivity contribution in [3.05, 3.63) is 16.0 Å². The summed E-state index contributed by atoms with van der Waals surface area (Å²) in [6.07, 6.45) is 5.90. The third-order valence-electron chi connectivity index (χ3n) is 6.84. The van der Waals surface area contributed by atoms with Gasteiger partial charge in [-0.3, -0.25) is 19.4 Å². The molecule has 3 N–H and O–H groups in total. The van der Waals surface area contributed by atoms with Crippen LogP contribution in [-0.2, 0) is 16.0 Å². The molecule has 3 aliphatic heterocycles. The molecule has 1 aromatic rings. The van der Waals surface area contributed by atoms with Crippen LogP contribution in [0.25, 0.3) is 0 Å². The van der Waals surface area contributed by atoms with Crippen LogP contribution >= 0.6 is 0 Å². The van der Waals surface area contributed by atoms with Gasteiger partial charge in [0.25, 0.3) is 5.56 Å². The minimum Gasteiger partial charge on any atom is -0.368 e. The number of nitrogens with one attached hydrogen (secondary N) is 1. The molecule has 3 aliphatic rings. The molecular weight excluding hydrogens is 360 g/mol. The van der Waals surface area contributed by atoms with Gasteiger partial charge in [0.15, 0.2) is 0 Å². The Morgan fingerprint density at radius 2 is 2.00 bits per heavy atom. The lowest BCUT2D eigenvalue weighted by molar-refractivity contribution is -0.144. The summed E-state index contributed by atoms with van der Waals surface area (Å²) in [6.45, 7) is 3.75. The van der Waals surface area contributed by atoms with E-state index in [0.717, 1.165) is 51.6 Å². The van der Waals surface area contributed by atoms with Gasteiger partial charge < -0.3 is 15.5 Å². The minimum atomic E-state index is -0.443. The van der Waals surface area contributed by atoms with Crippen molar-refractivity contribution < 1.29 is 9.59 Å². The number of nitrogens with zero attached hydrogens (tertiary/aromatic N) is 4. The van der Waals surface area contributed by atoms with Gasteiger partial charge in [-0.2, -0.15) is 0 Å². The predicted molar refractivity (Wildman–Crippen MR) is 102 cm³/mol. The molecule has 2 amide bonds. The van der Waals surface area contributed by atoms with Gasteiger partial charge in [-0.05, 0) is 38.5 Å². The van der Waals surface area contributed by atoms with Crippen molar-refractivity contribution in [3.63, 3.8) is 0 Å². The number of hydrogen-bond acceptors (Lipinski definition) is 6. The maximum absolute atomic E-state index is 13.3. The third kappa shape index (κ3) is 2.97. The van der Waals surface area contributed by atoms with Gasteiger partial charge >= 0.3 is 0 Å². The number of aromatic amines is 1. The van der Waals surface area contributed by atoms with E-state index in [1.165, 1.54) is 0 Å². The number of carbonyl (C=O) groups is 2. The average Bonchev–Trinajstić information content (AvgIpc) is 3.41. The van der Waals surface area contributed by atoms with Crippen LogP contribution in [0.1, 0.15) is 57.6 Å². The van der Waals surface area contributed by atoms with Gasteiger partial charge in [0, 0.05) is 38.0 Å². The van der Waals surface area contributed by atoms with Crippen molar-refractivity contribution >= 4 is 17.8 Å². The monoisotopic (exact) mass is 388 g/mol. The first-order valence-corrected chi connectivity index (χ1v) is 10.3. The fourth-order valence-electron chi connectivity index (χ4n) is 5.45. The molecule has 28 heavy (non-hydrogen) atoms. The second-order valence-electron chi connectivity index (χ2n) is 8.25. The van der Waals surface area contributed by atoms with Crippen LogP contribution in [0.2, 0.25) is 0 Å². The fraction of sp³-hybridized carbons (Fsp3) is 0.737. The summed E-state index contributed by atoms with van der Waals surface area (Å²) in [5.74, 6) is 0.194. The summed E-state index contributed by atoms with van der Waals surface area (Å²) in [7, 11) is 0. The molecule has 1 aromatic heterocycles. The molecule has 0 aliphatic carbocycles. The Hall–Kier alpha value is -2.45.